The molecule has 0 atom stereocenters. The van der Waals surface area contributed by atoms with E-state index >= 15 is 0 Å². The van der Waals surface area contributed by atoms with E-state index in [4.69, 9.17) is 15.8 Å². The molecule has 1 aromatic heterocycles. The number of benzene rings is 1. The molecule has 2 aromatic rings. The first kappa shape index (κ1) is 24.7. The molecule has 0 spiro atoms. The monoisotopic (exact) mass is 504 g/mol. The number of anilines is 1. The van der Waals surface area contributed by atoms with Gasteiger partial charge in [-0.15, -0.1) is 10.2 Å². The molecule has 14 heteroatoms. The zero-order chi connectivity index (χ0) is 23.4. The third kappa shape index (κ3) is 7.28. The second-order valence-electron chi connectivity index (χ2n) is 6.65. The molecular weight excluding hydrogens is 488 g/mol. The Morgan fingerprint density at radius 2 is 2.00 bits per heavy atom. The fraction of sp³-hybridized carbons (Fsp3) is 0.294. The van der Waals surface area contributed by atoms with Crippen molar-refractivity contribution in [2.45, 2.75) is 18.2 Å². The minimum atomic E-state index is -3.77. The maximum Gasteiger partial charge on any atom is 0.306 e. The Morgan fingerprint density at radius 3 is 2.55 bits per heavy atom. The lowest BCUT2D eigenvalue weighted by atomic mass is 10.1. The van der Waals surface area contributed by atoms with Crippen LogP contribution in [-0.4, -0.2) is 44.9 Å². The van der Waals surface area contributed by atoms with Gasteiger partial charge in [0, 0.05) is 0 Å². The van der Waals surface area contributed by atoms with Crippen LogP contribution in [0.5, 0.6) is 5.75 Å². The maximum absolute atomic E-state index is 12.4. The summed E-state index contributed by atoms with van der Waals surface area (Å²) in [5.74, 6) is -1.16. The topological polar surface area (TPSA) is 156 Å². The second-order valence-corrected chi connectivity index (χ2v) is 11.8. The zero-order valence-electron chi connectivity index (χ0n) is 16.5. The van der Waals surface area contributed by atoms with Crippen LogP contribution in [0, 0.1) is 17.2 Å². The van der Waals surface area contributed by atoms with Crippen LogP contribution in [0.4, 0.5) is 5.13 Å². The van der Waals surface area contributed by atoms with E-state index in [1.807, 2.05) is 0 Å². The molecule has 1 heterocycles. The third-order valence-corrected chi connectivity index (χ3v) is 7.46. The maximum atomic E-state index is 12.4. The van der Waals surface area contributed by atoms with Crippen molar-refractivity contribution in [3.05, 3.63) is 34.4 Å². The fourth-order valence-corrected chi connectivity index (χ4v) is 5.56. The summed E-state index contributed by atoms with van der Waals surface area (Å²) in [6, 6.07) is 5.71. The first-order valence-electron chi connectivity index (χ1n) is 8.49. The van der Waals surface area contributed by atoms with Gasteiger partial charge in [0.05, 0.1) is 17.0 Å². The number of rotatable bonds is 8. The number of sulfone groups is 1. The van der Waals surface area contributed by atoms with Crippen molar-refractivity contribution >= 4 is 60.0 Å². The molecule has 0 aliphatic heterocycles. The van der Waals surface area contributed by atoms with Crippen LogP contribution in [0.25, 0.3) is 6.08 Å². The van der Waals surface area contributed by atoms with Gasteiger partial charge in [-0.3, -0.25) is 10.1 Å². The van der Waals surface area contributed by atoms with Crippen LogP contribution < -0.4 is 9.50 Å². The number of carbonyl (C=O) groups excluding carboxylic acids is 1. The van der Waals surface area contributed by atoms with Crippen LogP contribution in [0.3, 0.4) is 0 Å². The van der Waals surface area contributed by atoms with E-state index in [1.165, 1.54) is 24.3 Å². The van der Waals surface area contributed by atoms with Gasteiger partial charge in [-0.05, 0) is 29.7 Å². The van der Waals surface area contributed by atoms with E-state index in [2.05, 4.69) is 15.5 Å². The molecule has 0 radical (unpaired) electrons. The summed E-state index contributed by atoms with van der Waals surface area (Å²) in [4.78, 5) is 12.4. The van der Waals surface area contributed by atoms with E-state index in [1.54, 1.807) is 19.9 Å². The largest absolute Gasteiger partial charge is 0.381 e. The molecular formula is C17H17ClN4O6S3. The van der Waals surface area contributed by atoms with Gasteiger partial charge >= 0.3 is 10.1 Å². The van der Waals surface area contributed by atoms with Crippen molar-refractivity contribution in [1.82, 2.24) is 10.2 Å². The number of hydrogen-bond donors (Lipinski definition) is 1. The lowest BCUT2D eigenvalue weighted by molar-refractivity contribution is -0.112. The quantitative estimate of drug-likeness (QED) is 0.247. The van der Waals surface area contributed by atoms with E-state index in [0.717, 1.165) is 6.26 Å². The molecule has 166 valence electrons. The number of nitriles is 1. The first-order chi connectivity index (χ1) is 14.3. The smallest absolute Gasteiger partial charge is 0.306 e. The third-order valence-electron chi connectivity index (χ3n) is 3.32. The van der Waals surface area contributed by atoms with Crippen molar-refractivity contribution < 1.29 is 25.8 Å². The fourth-order valence-electron chi connectivity index (χ4n) is 2.21. The van der Waals surface area contributed by atoms with Crippen molar-refractivity contribution in [2.75, 3.05) is 17.3 Å². The van der Waals surface area contributed by atoms with Gasteiger partial charge in [-0.25, -0.2) is 8.42 Å². The number of carbonyl (C=O) groups is 1. The Kier molecular flexibility index (Phi) is 7.77. The van der Waals surface area contributed by atoms with E-state index < -0.39 is 25.9 Å². The molecule has 0 saturated carbocycles. The molecule has 2 rings (SSSR count). The van der Waals surface area contributed by atoms with Crippen molar-refractivity contribution in [1.29, 1.82) is 5.26 Å². The average molecular weight is 505 g/mol. The second kappa shape index (κ2) is 9.73. The zero-order valence-corrected chi connectivity index (χ0v) is 19.7. The van der Waals surface area contributed by atoms with E-state index in [0.29, 0.717) is 16.9 Å². The highest BCUT2D eigenvalue weighted by atomic mass is 35.5. The summed E-state index contributed by atoms with van der Waals surface area (Å²) >= 11 is 6.66. The molecule has 0 saturated heterocycles. The normalized spacial score (nSPS) is 12.5. The van der Waals surface area contributed by atoms with Gasteiger partial charge in [0.25, 0.3) is 5.91 Å². The minimum absolute atomic E-state index is 0.0407. The summed E-state index contributed by atoms with van der Waals surface area (Å²) in [6.45, 7) is 3.49. The van der Waals surface area contributed by atoms with Gasteiger partial charge in [0.15, 0.2) is 5.75 Å². The highest BCUT2D eigenvalue weighted by Gasteiger charge is 2.23. The number of amides is 1. The molecule has 0 unspecified atom stereocenters. The Labute approximate surface area is 188 Å². The summed E-state index contributed by atoms with van der Waals surface area (Å²) in [7, 11) is -7.40. The molecule has 1 N–H and O–H groups in total. The van der Waals surface area contributed by atoms with Gasteiger partial charge in [0.2, 0.25) is 19.3 Å². The molecule has 0 bridgehead atoms. The molecule has 1 amide bonds. The van der Waals surface area contributed by atoms with Crippen LogP contribution in [0.2, 0.25) is 5.02 Å². The molecule has 0 aliphatic rings. The Hall–Kier alpha value is -2.53. The number of aromatic nitrogens is 2. The van der Waals surface area contributed by atoms with Gasteiger partial charge in [0.1, 0.15) is 11.6 Å². The lowest BCUT2D eigenvalue weighted by Crippen LogP contribution is -2.13. The van der Waals surface area contributed by atoms with E-state index in [-0.39, 0.29) is 37.5 Å². The standard InChI is InChI=1S/C17H17ClN4O6S3/c1-10(2)9-31(26,27)17-22-21-16(29-17)20-15(23)12(8-19)6-11-4-5-14(13(18)7-11)28-30(3,24)25/h4-7,10H,9H2,1-3H3,(H,20,21,23)/b12-6-. The Bertz CT molecular complexity index is 1280. The highest BCUT2D eigenvalue weighted by Crippen LogP contribution is 2.28. The molecule has 1 aromatic carbocycles. The lowest BCUT2D eigenvalue weighted by Gasteiger charge is -2.06. The number of nitrogens with one attached hydrogen (secondary N) is 1. The Morgan fingerprint density at radius 1 is 1.32 bits per heavy atom. The molecule has 0 fully saturated rings. The SMILES string of the molecule is CC(C)CS(=O)(=O)c1nnc(NC(=O)/C(C#N)=C\c2ccc(OS(C)(=O)=O)c(Cl)c2)s1. The van der Waals surface area contributed by atoms with Crippen molar-refractivity contribution in [3.8, 4) is 11.8 Å². The summed E-state index contributed by atoms with van der Waals surface area (Å²) in [5, 5.41) is 18.7. The summed E-state index contributed by atoms with van der Waals surface area (Å²) in [5.41, 5.74) is 0.00431. The summed E-state index contributed by atoms with van der Waals surface area (Å²) in [6.07, 6.45) is 2.07. The molecule has 0 aliphatic carbocycles. The molecule has 31 heavy (non-hydrogen) atoms. The van der Waals surface area contributed by atoms with Crippen molar-refractivity contribution in [3.63, 3.8) is 0 Å². The van der Waals surface area contributed by atoms with Crippen LogP contribution in [0.15, 0.2) is 28.1 Å². The Balaban J connectivity index is 2.20. The van der Waals surface area contributed by atoms with Gasteiger partial charge < -0.3 is 4.18 Å². The van der Waals surface area contributed by atoms with Crippen molar-refractivity contribution in [2.24, 2.45) is 5.92 Å². The first-order valence-corrected chi connectivity index (χ1v) is 13.2. The minimum Gasteiger partial charge on any atom is -0.381 e. The van der Waals surface area contributed by atoms with Crippen LogP contribution in [0.1, 0.15) is 19.4 Å². The number of nitrogens with zero attached hydrogens (tertiary/aromatic N) is 3. The van der Waals surface area contributed by atoms with Crippen LogP contribution >= 0.6 is 22.9 Å². The van der Waals surface area contributed by atoms with Gasteiger partial charge in [-0.2, -0.15) is 13.7 Å². The summed E-state index contributed by atoms with van der Waals surface area (Å²) < 4.78 is 51.3. The van der Waals surface area contributed by atoms with E-state index in [9.17, 15) is 26.9 Å². The van der Waals surface area contributed by atoms with Gasteiger partial charge in [-0.1, -0.05) is 42.9 Å². The number of hydrogen-bond acceptors (Lipinski definition) is 10. The predicted molar refractivity (Wildman–Crippen MR) is 116 cm³/mol. The molecule has 10 nitrogen and oxygen atoms in total. The van der Waals surface area contributed by atoms with Crippen LogP contribution in [-0.2, 0) is 24.7 Å². The predicted octanol–water partition coefficient (Wildman–Crippen LogP) is 2.51. The average Bonchev–Trinajstić information content (AvgIpc) is 3.09. The highest BCUT2D eigenvalue weighted by molar-refractivity contribution is 7.93. The number of halogens is 1.